The van der Waals surface area contributed by atoms with E-state index in [9.17, 15) is 0 Å². The fourth-order valence-electron chi connectivity index (χ4n) is 6.89. The van der Waals surface area contributed by atoms with Gasteiger partial charge in [0.2, 0.25) is 0 Å². The highest BCUT2D eigenvalue weighted by atomic mass is 14.9. The van der Waals surface area contributed by atoms with E-state index in [-0.39, 0.29) is 0 Å². The third-order valence-corrected chi connectivity index (χ3v) is 9.70. The van der Waals surface area contributed by atoms with Gasteiger partial charge in [0.25, 0.3) is 0 Å². The molecule has 52 heavy (non-hydrogen) atoms. The van der Waals surface area contributed by atoms with Crippen molar-refractivity contribution in [3.05, 3.63) is 181 Å². The highest BCUT2D eigenvalue weighted by Crippen LogP contribution is 2.33. The molecule has 0 aliphatic rings. The second kappa shape index (κ2) is 13.5. The average Bonchev–Trinajstić information content (AvgIpc) is 3.24. The van der Waals surface area contributed by atoms with Crippen molar-refractivity contribution in [3.8, 4) is 67.5 Å². The maximum absolute atomic E-state index is 5.26. The highest BCUT2D eigenvalue weighted by Gasteiger charge is 2.14. The number of nitrogens with zero attached hydrogens (tertiary/aromatic N) is 4. The minimum absolute atomic E-state index is 0.680. The molecule has 0 saturated carbocycles. The zero-order valence-corrected chi connectivity index (χ0v) is 28.7. The molecule has 0 fully saturated rings. The van der Waals surface area contributed by atoms with Crippen LogP contribution < -0.4 is 0 Å². The summed E-state index contributed by atoms with van der Waals surface area (Å²) in [6.07, 6.45) is 0.892. The van der Waals surface area contributed by atoms with Gasteiger partial charge in [-0.2, -0.15) is 0 Å². The van der Waals surface area contributed by atoms with Crippen molar-refractivity contribution in [1.82, 2.24) is 19.9 Å². The van der Waals surface area contributed by atoms with Crippen LogP contribution in [0.15, 0.2) is 176 Å². The molecule has 0 unspecified atom stereocenters. The smallest absolute Gasteiger partial charge is 0.160 e. The lowest BCUT2D eigenvalue weighted by Gasteiger charge is -2.12. The van der Waals surface area contributed by atoms with Crippen LogP contribution in [0.25, 0.3) is 89.4 Å². The summed E-state index contributed by atoms with van der Waals surface area (Å²) in [4.78, 5) is 20.6. The van der Waals surface area contributed by atoms with Gasteiger partial charge in [0, 0.05) is 38.6 Å². The largest absolute Gasteiger partial charge is 0.245 e. The van der Waals surface area contributed by atoms with Crippen molar-refractivity contribution in [2.75, 3.05) is 0 Å². The predicted molar refractivity (Wildman–Crippen MR) is 215 cm³/mol. The average molecular weight is 667 g/mol. The summed E-state index contributed by atoms with van der Waals surface area (Å²) < 4.78 is 0. The summed E-state index contributed by atoms with van der Waals surface area (Å²) in [7, 11) is 0. The van der Waals surface area contributed by atoms with E-state index in [1.807, 2.05) is 42.5 Å². The molecule has 0 radical (unpaired) electrons. The van der Waals surface area contributed by atoms with E-state index in [4.69, 9.17) is 19.9 Å². The van der Waals surface area contributed by atoms with Crippen LogP contribution in [0.1, 0.15) is 12.5 Å². The first-order valence-corrected chi connectivity index (χ1v) is 17.7. The quantitative estimate of drug-likeness (QED) is 0.159. The third kappa shape index (κ3) is 6.01. The monoisotopic (exact) mass is 666 g/mol. The second-order valence-electron chi connectivity index (χ2n) is 13.0. The molecule has 0 saturated heterocycles. The van der Waals surface area contributed by atoms with Crippen molar-refractivity contribution in [2.24, 2.45) is 0 Å². The Hall–Kier alpha value is -6.78. The van der Waals surface area contributed by atoms with Crippen molar-refractivity contribution in [1.29, 1.82) is 0 Å². The Labute approximate surface area is 303 Å². The lowest BCUT2D eigenvalue weighted by Crippen LogP contribution is -1.97. The Morgan fingerprint density at radius 1 is 0.346 bits per heavy atom. The molecule has 4 heteroatoms. The van der Waals surface area contributed by atoms with E-state index in [0.29, 0.717) is 5.82 Å². The molecule has 0 spiro atoms. The van der Waals surface area contributed by atoms with Gasteiger partial charge in [-0.3, -0.25) is 0 Å². The van der Waals surface area contributed by atoms with Gasteiger partial charge < -0.3 is 0 Å². The van der Waals surface area contributed by atoms with Gasteiger partial charge in [-0.25, -0.2) is 19.9 Å². The van der Waals surface area contributed by atoms with Crippen LogP contribution >= 0.6 is 0 Å². The zero-order chi connectivity index (χ0) is 34.9. The number of hydrogen-bond acceptors (Lipinski definition) is 4. The Morgan fingerprint density at radius 3 is 1.38 bits per heavy atom. The number of benzene rings is 6. The molecular formula is C48H34N4. The molecule has 6 aromatic carbocycles. The maximum Gasteiger partial charge on any atom is 0.160 e. The summed E-state index contributed by atoms with van der Waals surface area (Å²) in [6, 6.07) is 61.0. The third-order valence-electron chi connectivity index (χ3n) is 9.70. The summed E-state index contributed by atoms with van der Waals surface area (Å²) >= 11 is 0. The predicted octanol–water partition coefficient (Wildman–Crippen LogP) is 12.1. The van der Waals surface area contributed by atoms with E-state index in [2.05, 4.69) is 140 Å². The van der Waals surface area contributed by atoms with E-state index in [0.717, 1.165) is 78.8 Å². The van der Waals surface area contributed by atoms with Gasteiger partial charge in [-0.05, 0) is 41.3 Å². The Balaban J connectivity index is 1.11. The molecule has 3 heterocycles. The lowest BCUT2D eigenvalue weighted by atomic mass is 9.99. The van der Waals surface area contributed by atoms with Crippen LogP contribution in [0.3, 0.4) is 0 Å². The first kappa shape index (κ1) is 31.2. The van der Waals surface area contributed by atoms with E-state index in [1.165, 1.54) is 16.7 Å². The SMILES string of the molecule is CCc1cc(-c2ccc(-c3nc(-c4ccccc4)cc(-c4ccc(-c5ccccc5)cc4)n3)cc2)nc2c1ccc1ccc(-c3ccccc3)nc12. The van der Waals surface area contributed by atoms with Crippen LogP contribution in [0.5, 0.6) is 0 Å². The van der Waals surface area contributed by atoms with E-state index >= 15 is 0 Å². The molecule has 0 aliphatic carbocycles. The molecule has 0 N–H and O–H groups in total. The van der Waals surface area contributed by atoms with Gasteiger partial charge >= 0.3 is 0 Å². The minimum Gasteiger partial charge on any atom is -0.245 e. The molecule has 4 nitrogen and oxygen atoms in total. The standard InChI is InChI=1S/C48H34N4/c1-2-32-30-43(50-47-41(32)28-26-39-27-29-42(49-46(39)47)35-14-8-4-9-15-35)37-22-24-40(25-23-37)48-51-44(36-16-10-5-11-17-36)31-45(52-48)38-20-18-34(19-21-38)33-12-6-3-7-13-33/h3-31H,2H2,1H3. The fraction of sp³-hybridized carbons (Fsp3) is 0.0417. The summed E-state index contributed by atoms with van der Waals surface area (Å²) in [6.45, 7) is 2.20. The molecule has 3 aromatic heterocycles. The molecule has 0 bridgehead atoms. The molecule has 0 aliphatic heterocycles. The van der Waals surface area contributed by atoms with Gasteiger partial charge in [-0.1, -0.05) is 165 Å². The molecular weight excluding hydrogens is 633 g/mol. The molecule has 0 atom stereocenters. The first-order valence-electron chi connectivity index (χ1n) is 17.7. The maximum atomic E-state index is 5.26. The molecule has 9 rings (SSSR count). The molecule has 246 valence electrons. The molecule has 9 aromatic rings. The van der Waals surface area contributed by atoms with Crippen molar-refractivity contribution in [2.45, 2.75) is 13.3 Å². The molecule has 0 amide bonds. The summed E-state index contributed by atoms with van der Waals surface area (Å²) in [5, 5.41) is 2.22. The van der Waals surface area contributed by atoms with Gasteiger partial charge in [0.1, 0.15) is 0 Å². The summed E-state index contributed by atoms with van der Waals surface area (Å²) in [5.74, 6) is 0.680. The number of pyridine rings is 2. The zero-order valence-electron chi connectivity index (χ0n) is 28.7. The number of rotatable bonds is 7. The van der Waals surface area contributed by atoms with Crippen LogP contribution in [-0.4, -0.2) is 19.9 Å². The van der Waals surface area contributed by atoms with Crippen LogP contribution in [0.2, 0.25) is 0 Å². The van der Waals surface area contributed by atoms with Crippen LogP contribution in [0.4, 0.5) is 0 Å². The van der Waals surface area contributed by atoms with Crippen molar-refractivity contribution in [3.63, 3.8) is 0 Å². The topological polar surface area (TPSA) is 51.6 Å². The van der Waals surface area contributed by atoms with Crippen LogP contribution in [-0.2, 0) is 6.42 Å². The normalized spacial score (nSPS) is 11.2. The minimum atomic E-state index is 0.680. The van der Waals surface area contributed by atoms with Crippen molar-refractivity contribution < 1.29 is 0 Å². The van der Waals surface area contributed by atoms with Gasteiger partial charge in [0.15, 0.2) is 5.82 Å². The number of aromatic nitrogens is 4. The number of aryl methyl sites for hydroxylation is 1. The first-order chi connectivity index (χ1) is 25.7. The van der Waals surface area contributed by atoms with Gasteiger partial charge in [0.05, 0.1) is 33.8 Å². The Kier molecular flexibility index (Phi) is 8.11. The van der Waals surface area contributed by atoms with Crippen molar-refractivity contribution >= 4 is 21.8 Å². The van der Waals surface area contributed by atoms with Crippen LogP contribution in [0, 0.1) is 0 Å². The van der Waals surface area contributed by atoms with E-state index in [1.54, 1.807) is 0 Å². The number of hydrogen-bond donors (Lipinski definition) is 0. The lowest BCUT2D eigenvalue weighted by molar-refractivity contribution is 1.15. The Bertz CT molecular complexity index is 2670. The van der Waals surface area contributed by atoms with E-state index < -0.39 is 0 Å². The summed E-state index contributed by atoms with van der Waals surface area (Å²) in [5.41, 5.74) is 14.3. The fourth-order valence-corrected chi connectivity index (χ4v) is 6.89. The van der Waals surface area contributed by atoms with Gasteiger partial charge in [-0.15, -0.1) is 0 Å². The Morgan fingerprint density at radius 2 is 0.788 bits per heavy atom. The number of fused-ring (bicyclic) bond motifs is 3. The highest BCUT2D eigenvalue weighted by molar-refractivity contribution is 6.05. The second-order valence-corrected chi connectivity index (χ2v) is 13.0.